The van der Waals surface area contributed by atoms with Gasteiger partial charge in [-0.2, -0.15) is 5.10 Å². The summed E-state index contributed by atoms with van der Waals surface area (Å²) in [6.07, 6.45) is 0.715. The second-order valence-electron chi connectivity index (χ2n) is 3.78. The number of nitrogens with zero attached hydrogens (tertiary/aromatic N) is 1. The van der Waals surface area contributed by atoms with Crippen LogP contribution in [0.2, 0.25) is 0 Å². The predicted molar refractivity (Wildman–Crippen MR) is 66.7 cm³/mol. The number of aromatic hydroxyl groups is 1. The van der Waals surface area contributed by atoms with E-state index in [2.05, 4.69) is 10.5 Å². The first-order valence-corrected chi connectivity index (χ1v) is 5.40. The number of benzene rings is 1. The summed E-state index contributed by atoms with van der Waals surface area (Å²) in [5.74, 6) is -0.00552. The molecule has 0 unspecified atom stereocenters. The standard InChI is InChI=1S/C12H16N2O4/c1-8(15)5-12(17)14-13-7-9-3-4-10(16)11(6-9)18-2/h3-4,6-8,15-16H,5H2,1-2H3,(H,14,17)/b13-7+/t8-/m0/s1. The Morgan fingerprint density at radius 2 is 2.33 bits per heavy atom. The van der Waals surface area contributed by atoms with Crippen molar-refractivity contribution >= 4 is 12.1 Å². The minimum Gasteiger partial charge on any atom is -0.504 e. The van der Waals surface area contributed by atoms with Crippen molar-refractivity contribution in [1.82, 2.24) is 5.43 Å². The van der Waals surface area contributed by atoms with Crippen molar-refractivity contribution in [3.8, 4) is 11.5 Å². The van der Waals surface area contributed by atoms with E-state index in [4.69, 9.17) is 9.84 Å². The van der Waals surface area contributed by atoms with Gasteiger partial charge in [-0.05, 0) is 30.7 Å². The van der Waals surface area contributed by atoms with Crippen LogP contribution < -0.4 is 10.2 Å². The van der Waals surface area contributed by atoms with Crippen molar-refractivity contribution in [3.05, 3.63) is 23.8 Å². The van der Waals surface area contributed by atoms with Crippen LogP contribution in [-0.2, 0) is 4.79 Å². The highest BCUT2D eigenvalue weighted by molar-refractivity contribution is 5.83. The molecule has 0 radical (unpaired) electrons. The summed E-state index contributed by atoms with van der Waals surface area (Å²) in [5.41, 5.74) is 2.95. The number of carbonyl (C=O) groups excluding carboxylic acids is 1. The van der Waals surface area contributed by atoms with Crippen molar-refractivity contribution in [2.75, 3.05) is 7.11 Å². The fourth-order valence-electron chi connectivity index (χ4n) is 1.27. The minimum atomic E-state index is -0.700. The Labute approximate surface area is 105 Å². The molecule has 0 aliphatic carbocycles. The molecule has 3 N–H and O–H groups in total. The zero-order valence-electron chi connectivity index (χ0n) is 10.3. The van der Waals surface area contributed by atoms with Crippen molar-refractivity contribution in [3.63, 3.8) is 0 Å². The first-order valence-electron chi connectivity index (χ1n) is 5.40. The highest BCUT2D eigenvalue weighted by Gasteiger charge is 2.04. The number of nitrogens with one attached hydrogen (secondary N) is 1. The number of aliphatic hydroxyl groups excluding tert-OH is 1. The van der Waals surface area contributed by atoms with Crippen LogP contribution in [0.25, 0.3) is 0 Å². The molecule has 1 aromatic carbocycles. The molecule has 0 bridgehead atoms. The molecule has 98 valence electrons. The number of amides is 1. The molecule has 0 fully saturated rings. The minimum absolute atomic E-state index is 0.00373. The number of phenols is 1. The number of hydrogen-bond donors (Lipinski definition) is 3. The first-order chi connectivity index (χ1) is 8.52. The maximum Gasteiger partial charge on any atom is 0.242 e. The van der Waals surface area contributed by atoms with Gasteiger partial charge in [0, 0.05) is 0 Å². The quantitative estimate of drug-likeness (QED) is 0.529. The Balaban J connectivity index is 2.59. The Morgan fingerprint density at radius 3 is 2.94 bits per heavy atom. The number of ether oxygens (including phenoxy) is 1. The van der Waals surface area contributed by atoms with Crippen LogP contribution >= 0.6 is 0 Å². The third-order valence-electron chi connectivity index (χ3n) is 2.09. The van der Waals surface area contributed by atoms with Gasteiger partial charge in [0.1, 0.15) is 0 Å². The van der Waals surface area contributed by atoms with E-state index in [1.54, 1.807) is 12.1 Å². The van der Waals surface area contributed by atoms with Crippen molar-refractivity contribution in [2.45, 2.75) is 19.4 Å². The average Bonchev–Trinajstić information content (AvgIpc) is 2.30. The molecule has 18 heavy (non-hydrogen) atoms. The summed E-state index contributed by atoms with van der Waals surface area (Å²) >= 11 is 0. The van der Waals surface area contributed by atoms with E-state index >= 15 is 0 Å². The zero-order chi connectivity index (χ0) is 13.5. The Morgan fingerprint density at radius 1 is 1.61 bits per heavy atom. The van der Waals surface area contributed by atoms with Crippen molar-refractivity contribution in [1.29, 1.82) is 0 Å². The van der Waals surface area contributed by atoms with E-state index in [0.717, 1.165) is 0 Å². The molecule has 0 saturated carbocycles. The zero-order valence-corrected chi connectivity index (χ0v) is 10.3. The lowest BCUT2D eigenvalue weighted by Crippen LogP contribution is -2.21. The summed E-state index contributed by atoms with van der Waals surface area (Å²) in [7, 11) is 1.44. The highest BCUT2D eigenvalue weighted by Crippen LogP contribution is 2.25. The summed E-state index contributed by atoms with van der Waals surface area (Å²) < 4.78 is 4.93. The lowest BCUT2D eigenvalue weighted by molar-refractivity contribution is -0.122. The Kier molecular flexibility index (Phi) is 5.13. The summed E-state index contributed by atoms with van der Waals surface area (Å²) in [6.45, 7) is 1.52. The van der Waals surface area contributed by atoms with Gasteiger partial charge >= 0.3 is 0 Å². The van der Waals surface area contributed by atoms with E-state index in [9.17, 15) is 9.90 Å². The van der Waals surface area contributed by atoms with Gasteiger partial charge < -0.3 is 14.9 Å². The van der Waals surface area contributed by atoms with Crippen LogP contribution in [0.15, 0.2) is 23.3 Å². The van der Waals surface area contributed by atoms with E-state index in [0.29, 0.717) is 11.3 Å². The fourth-order valence-corrected chi connectivity index (χ4v) is 1.27. The van der Waals surface area contributed by atoms with Crippen LogP contribution in [0, 0.1) is 0 Å². The highest BCUT2D eigenvalue weighted by atomic mass is 16.5. The monoisotopic (exact) mass is 252 g/mol. The molecule has 1 aromatic rings. The Bertz CT molecular complexity index is 444. The van der Waals surface area contributed by atoms with Gasteiger partial charge in [0.25, 0.3) is 0 Å². The number of hydrogen-bond acceptors (Lipinski definition) is 5. The normalized spacial score (nSPS) is 12.4. The van der Waals surface area contributed by atoms with Gasteiger partial charge in [-0.3, -0.25) is 4.79 Å². The molecule has 1 atom stereocenters. The molecule has 0 aliphatic heterocycles. The van der Waals surface area contributed by atoms with Crippen molar-refractivity contribution in [2.24, 2.45) is 5.10 Å². The van der Waals surface area contributed by atoms with Gasteiger partial charge in [-0.25, -0.2) is 5.43 Å². The molecule has 0 heterocycles. The third-order valence-corrected chi connectivity index (χ3v) is 2.09. The SMILES string of the molecule is COc1cc(/C=N/NC(=O)C[C@H](C)O)ccc1O. The van der Waals surface area contributed by atoms with Crippen molar-refractivity contribution < 1.29 is 19.7 Å². The molecular formula is C12H16N2O4. The molecule has 1 amide bonds. The average molecular weight is 252 g/mol. The van der Waals surface area contributed by atoms with E-state index in [1.165, 1.54) is 26.3 Å². The molecule has 0 aromatic heterocycles. The molecule has 6 heteroatoms. The van der Waals surface area contributed by atoms with Gasteiger partial charge in [-0.15, -0.1) is 0 Å². The molecule has 0 aliphatic rings. The van der Waals surface area contributed by atoms with Crippen LogP contribution in [0.1, 0.15) is 18.9 Å². The maximum atomic E-state index is 11.2. The predicted octanol–water partition coefficient (Wildman–Crippen LogP) is 0.622. The molecular weight excluding hydrogens is 236 g/mol. The van der Waals surface area contributed by atoms with Crippen LogP contribution in [0.4, 0.5) is 0 Å². The van der Waals surface area contributed by atoms with Gasteiger partial charge in [0.2, 0.25) is 5.91 Å². The number of phenolic OH excluding ortho intramolecular Hbond substituents is 1. The van der Waals surface area contributed by atoms with Crippen LogP contribution in [-0.4, -0.2) is 35.5 Å². The second-order valence-corrected chi connectivity index (χ2v) is 3.78. The lowest BCUT2D eigenvalue weighted by Gasteiger charge is -2.04. The summed E-state index contributed by atoms with van der Waals surface area (Å²) in [6, 6.07) is 4.68. The number of carbonyl (C=O) groups is 1. The van der Waals surface area contributed by atoms with E-state index < -0.39 is 6.10 Å². The first kappa shape index (κ1) is 14.0. The number of aliphatic hydroxyl groups is 1. The van der Waals surface area contributed by atoms with Gasteiger partial charge in [0.05, 0.1) is 25.8 Å². The number of rotatable bonds is 5. The van der Waals surface area contributed by atoms with Crippen LogP contribution in [0.5, 0.6) is 11.5 Å². The van der Waals surface area contributed by atoms with Crippen LogP contribution in [0.3, 0.4) is 0 Å². The maximum absolute atomic E-state index is 11.2. The Hall–Kier alpha value is -2.08. The van der Waals surface area contributed by atoms with Gasteiger partial charge in [0.15, 0.2) is 11.5 Å². The largest absolute Gasteiger partial charge is 0.504 e. The topological polar surface area (TPSA) is 91.2 Å². The summed E-state index contributed by atoms with van der Waals surface area (Å²) in [5, 5.41) is 22.1. The van der Waals surface area contributed by atoms with Gasteiger partial charge in [-0.1, -0.05) is 0 Å². The number of hydrazone groups is 1. The van der Waals surface area contributed by atoms with E-state index in [1.807, 2.05) is 0 Å². The third kappa shape index (κ3) is 4.42. The molecule has 0 saturated heterocycles. The molecule has 6 nitrogen and oxygen atoms in total. The second kappa shape index (κ2) is 6.61. The smallest absolute Gasteiger partial charge is 0.242 e. The molecule has 0 spiro atoms. The molecule has 1 rings (SSSR count). The van der Waals surface area contributed by atoms with E-state index in [-0.39, 0.29) is 18.1 Å². The fraction of sp³-hybridized carbons (Fsp3) is 0.333. The lowest BCUT2D eigenvalue weighted by atomic mass is 10.2. The number of methoxy groups -OCH3 is 1. The summed E-state index contributed by atoms with van der Waals surface area (Å²) in [4.78, 5) is 11.2.